The maximum atomic E-state index is 13.1. The highest BCUT2D eigenvalue weighted by Gasteiger charge is 2.21. The van der Waals surface area contributed by atoms with Crippen molar-refractivity contribution in [3.8, 4) is 5.75 Å². The average Bonchev–Trinajstić information content (AvgIpc) is 3.16. The number of nitrogens with zero attached hydrogens (tertiary/aromatic N) is 4. The topological polar surface area (TPSA) is 113 Å². The molecule has 4 rings (SSSR count). The summed E-state index contributed by atoms with van der Waals surface area (Å²) in [5.74, 6) is -0.237. The van der Waals surface area contributed by atoms with Crippen molar-refractivity contribution in [3.05, 3.63) is 86.5 Å². The summed E-state index contributed by atoms with van der Waals surface area (Å²) in [6, 6.07) is 9.93. The third-order valence-corrected chi connectivity index (χ3v) is 6.04. The molecule has 9 nitrogen and oxygen atoms in total. The second-order valence-corrected chi connectivity index (χ2v) is 8.18. The highest BCUT2D eigenvalue weighted by molar-refractivity contribution is 7.20. The minimum absolute atomic E-state index is 0.245. The fourth-order valence-corrected chi connectivity index (χ4v) is 4.31. The molecule has 1 aromatic carbocycles. The standard InChI is InChI=1S/C24H20N4O5S/c1-4-32-24(31)20-14(2)19-21(34-20)27-15(3)28(22(19)29)26-12-16-7-9-18(10-8-16)33-23(30)17-6-5-11-25-13-17/h5-13H,4H2,1-3H3/b26-12-. The van der Waals surface area contributed by atoms with Crippen LogP contribution < -0.4 is 10.3 Å². The fraction of sp³-hybridized carbons (Fsp3) is 0.167. The van der Waals surface area contributed by atoms with Gasteiger partial charge >= 0.3 is 11.9 Å². The molecule has 3 aromatic heterocycles. The van der Waals surface area contributed by atoms with Gasteiger partial charge in [-0.3, -0.25) is 9.78 Å². The quantitative estimate of drug-likeness (QED) is 0.237. The first-order chi connectivity index (χ1) is 16.4. The lowest BCUT2D eigenvalue weighted by molar-refractivity contribution is 0.0531. The first-order valence-corrected chi connectivity index (χ1v) is 11.2. The van der Waals surface area contributed by atoms with Gasteiger partial charge in [0.15, 0.2) is 0 Å². The van der Waals surface area contributed by atoms with Crippen LogP contribution in [0.4, 0.5) is 0 Å². The average molecular weight is 477 g/mol. The van der Waals surface area contributed by atoms with Gasteiger partial charge in [0.05, 0.1) is 23.8 Å². The molecule has 0 fully saturated rings. The Bertz CT molecular complexity index is 1460. The van der Waals surface area contributed by atoms with Crippen molar-refractivity contribution in [1.82, 2.24) is 14.6 Å². The molecule has 3 heterocycles. The van der Waals surface area contributed by atoms with Gasteiger partial charge in [-0.1, -0.05) is 0 Å². The van der Waals surface area contributed by atoms with Crippen molar-refractivity contribution in [2.24, 2.45) is 5.10 Å². The predicted molar refractivity (Wildman–Crippen MR) is 128 cm³/mol. The van der Waals surface area contributed by atoms with Gasteiger partial charge in [-0.15, -0.1) is 11.3 Å². The molecule has 10 heteroatoms. The number of carbonyl (C=O) groups is 2. The molecular weight excluding hydrogens is 456 g/mol. The first-order valence-electron chi connectivity index (χ1n) is 10.4. The van der Waals surface area contributed by atoms with Crippen molar-refractivity contribution in [2.45, 2.75) is 20.8 Å². The minimum atomic E-state index is -0.510. The number of aromatic nitrogens is 3. The van der Waals surface area contributed by atoms with E-state index in [4.69, 9.17) is 9.47 Å². The lowest BCUT2D eigenvalue weighted by atomic mass is 10.2. The van der Waals surface area contributed by atoms with Crippen molar-refractivity contribution >= 4 is 39.7 Å². The molecule has 0 spiro atoms. The third-order valence-electron chi connectivity index (χ3n) is 4.88. The molecule has 0 amide bonds. The Morgan fingerprint density at radius 2 is 1.91 bits per heavy atom. The molecule has 0 bridgehead atoms. The van der Waals surface area contributed by atoms with Crippen molar-refractivity contribution in [3.63, 3.8) is 0 Å². The molecule has 172 valence electrons. The van der Waals surface area contributed by atoms with Crippen molar-refractivity contribution < 1.29 is 19.1 Å². The van der Waals surface area contributed by atoms with Gasteiger partial charge in [0.1, 0.15) is 21.3 Å². The fourth-order valence-electron chi connectivity index (χ4n) is 3.20. The van der Waals surface area contributed by atoms with E-state index in [0.717, 1.165) is 11.3 Å². The van der Waals surface area contributed by atoms with Gasteiger partial charge in [-0.25, -0.2) is 14.6 Å². The summed E-state index contributed by atoms with van der Waals surface area (Å²) >= 11 is 1.13. The van der Waals surface area contributed by atoms with E-state index in [0.29, 0.717) is 43.4 Å². The summed E-state index contributed by atoms with van der Waals surface area (Å²) in [5, 5.41) is 4.63. The van der Waals surface area contributed by atoms with Gasteiger partial charge in [-0.2, -0.15) is 9.78 Å². The van der Waals surface area contributed by atoms with E-state index in [9.17, 15) is 14.4 Å². The highest BCUT2D eigenvalue weighted by Crippen LogP contribution is 2.28. The van der Waals surface area contributed by atoms with E-state index in [1.807, 2.05) is 0 Å². The molecular formula is C24H20N4O5S. The molecule has 0 aliphatic heterocycles. The van der Waals surface area contributed by atoms with Crippen LogP contribution in [0.3, 0.4) is 0 Å². The van der Waals surface area contributed by atoms with Gasteiger partial charge in [-0.05, 0) is 68.3 Å². The Morgan fingerprint density at radius 3 is 2.59 bits per heavy atom. The summed E-state index contributed by atoms with van der Waals surface area (Å²) in [6.45, 7) is 5.33. The number of carbonyl (C=O) groups excluding carboxylic acids is 2. The number of esters is 2. The van der Waals surface area contributed by atoms with E-state index in [1.165, 1.54) is 17.1 Å². The van der Waals surface area contributed by atoms with E-state index in [-0.39, 0.29) is 12.2 Å². The first kappa shape index (κ1) is 23.0. The van der Waals surface area contributed by atoms with Crippen LogP contribution in [0.2, 0.25) is 0 Å². The number of pyridine rings is 1. The van der Waals surface area contributed by atoms with Crippen LogP contribution in [0.1, 0.15) is 43.9 Å². The number of fused-ring (bicyclic) bond motifs is 1. The smallest absolute Gasteiger partial charge is 0.348 e. The zero-order valence-corrected chi connectivity index (χ0v) is 19.5. The van der Waals surface area contributed by atoms with Crippen LogP contribution in [0, 0.1) is 13.8 Å². The van der Waals surface area contributed by atoms with Gasteiger partial charge in [0.2, 0.25) is 0 Å². The van der Waals surface area contributed by atoms with Crippen LogP contribution in [0.25, 0.3) is 10.2 Å². The second kappa shape index (κ2) is 9.75. The number of aryl methyl sites for hydroxylation is 2. The highest BCUT2D eigenvalue weighted by atomic mass is 32.1. The Morgan fingerprint density at radius 1 is 1.15 bits per heavy atom. The van der Waals surface area contributed by atoms with Crippen molar-refractivity contribution in [1.29, 1.82) is 0 Å². The van der Waals surface area contributed by atoms with E-state index in [2.05, 4.69) is 15.1 Å². The Balaban J connectivity index is 1.57. The van der Waals surface area contributed by atoms with Gasteiger partial charge in [0, 0.05) is 12.4 Å². The molecule has 0 aliphatic rings. The molecule has 0 saturated carbocycles. The number of benzene rings is 1. The summed E-state index contributed by atoms with van der Waals surface area (Å²) < 4.78 is 11.6. The number of hydrogen-bond donors (Lipinski definition) is 0. The Kier molecular flexibility index (Phi) is 6.60. The van der Waals surface area contributed by atoms with Gasteiger partial charge < -0.3 is 9.47 Å². The summed E-state index contributed by atoms with van der Waals surface area (Å²) in [7, 11) is 0. The maximum Gasteiger partial charge on any atom is 0.348 e. The molecule has 0 aliphatic carbocycles. The van der Waals surface area contributed by atoms with E-state index >= 15 is 0 Å². The molecule has 0 atom stereocenters. The molecule has 0 saturated heterocycles. The second-order valence-electron chi connectivity index (χ2n) is 7.18. The molecule has 4 aromatic rings. The number of thiophene rings is 1. The summed E-state index contributed by atoms with van der Waals surface area (Å²) in [5.41, 5.74) is 1.19. The maximum absolute atomic E-state index is 13.1. The summed E-state index contributed by atoms with van der Waals surface area (Å²) in [6.07, 6.45) is 4.51. The van der Waals surface area contributed by atoms with E-state index in [1.54, 1.807) is 63.4 Å². The lowest BCUT2D eigenvalue weighted by Crippen LogP contribution is -2.20. The van der Waals surface area contributed by atoms with Crippen molar-refractivity contribution in [2.75, 3.05) is 6.61 Å². The SMILES string of the molecule is CCOC(=O)c1sc2nc(C)n(/N=C\c3ccc(OC(=O)c4cccnc4)cc3)c(=O)c2c1C. The zero-order chi connectivity index (χ0) is 24.2. The Hall–Kier alpha value is -4.18. The summed E-state index contributed by atoms with van der Waals surface area (Å²) in [4.78, 5) is 46.6. The number of rotatable bonds is 6. The van der Waals surface area contributed by atoms with E-state index < -0.39 is 11.9 Å². The molecule has 34 heavy (non-hydrogen) atoms. The van der Waals surface area contributed by atoms with Crippen LogP contribution in [-0.2, 0) is 4.74 Å². The van der Waals surface area contributed by atoms with Crippen LogP contribution >= 0.6 is 11.3 Å². The van der Waals surface area contributed by atoms with Crippen LogP contribution in [-0.4, -0.2) is 39.4 Å². The largest absolute Gasteiger partial charge is 0.462 e. The third kappa shape index (κ3) is 4.62. The number of hydrogen-bond acceptors (Lipinski definition) is 9. The van der Waals surface area contributed by atoms with Crippen LogP contribution in [0.15, 0.2) is 58.7 Å². The van der Waals surface area contributed by atoms with Crippen LogP contribution in [0.5, 0.6) is 5.75 Å². The monoisotopic (exact) mass is 476 g/mol. The Labute approximate surface area is 198 Å². The van der Waals surface area contributed by atoms with Gasteiger partial charge in [0.25, 0.3) is 5.56 Å². The molecule has 0 unspecified atom stereocenters. The predicted octanol–water partition coefficient (Wildman–Crippen LogP) is 3.75. The minimum Gasteiger partial charge on any atom is -0.462 e. The zero-order valence-electron chi connectivity index (χ0n) is 18.6. The molecule has 0 N–H and O–H groups in total. The molecule has 0 radical (unpaired) electrons. The normalized spacial score (nSPS) is 11.1. The lowest BCUT2D eigenvalue weighted by Gasteiger charge is -2.05. The number of ether oxygens (including phenoxy) is 2.